The van der Waals surface area contributed by atoms with E-state index in [4.69, 9.17) is 0 Å². The number of ketones is 1. The van der Waals surface area contributed by atoms with E-state index in [2.05, 4.69) is 12.2 Å². The lowest BCUT2D eigenvalue weighted by atomic mass is 9.96. The summed E-state index contributed by atoms with van der Waals surface area (Å²) in [4.78, 5) is 38.6. The van der Waals surface area contributed by atoms with Crippen LogP contribution in [-0.2, 0) is 9.59 Å². The number of nitrogens with zero attached hydrogens (tertiary/aromatic N) is 1. The van der Waals surface area contributed by atoms with Crippen molar-refractivity contribution in [3.63, 3.8) is 0 Å². The number of carbonyl (C=O) groups excluding carboxylic acids is 3. The first-order valence-electron chi connectivity index (χ1n) is 8.64. The number of nitrogens with one attached hydrogen (secondary N) is 1. The number of piperidine rings is 1. The molecule has 1 aromatic rings. The van der Waals surface area contributed by atoms with E-state index in [0.29, 0.717) is 30.0 Å². The lowest BCUT2D eigenvalue weighted by Gasteiger charge is -2.33. The molecule has 5 nitrogen and oxygen atoms in total. The summed E-state index contributed by atoms with van der Waals surface area (Å²) in [5, 5.41) is 2.84. The van der Waals surface area contributed by atoms with Gasteiger partial charge in [0.05, 0.1) is 0 Å². The highest BCUT2D eigenvalue weighted by atomic mass is 16.2. The fourth-order valence-electron chi connectivity index (χ4n) is 3.38. The van der Waals surface area contributed by atoms with Gasteiger partial charge in [0.1, 0.15) is 5.41 Å². The highest BCUT2D eigenvalue weighted by Gasteiger charge is 2.58. The molecule has 2 aliphatic rings. The SMILES string of the molecule is CC(=O)c1ccc(NC(=O)C2(C(=O)N3CCCC(C)C3)CC2)cc1. The average Bonchev–Trinajstić information content (AvgIpc) is 3.36. The minimum Gasteiger partial charge on any atom is -0.342 e. The lowest BCUT2D eigenvalue weighted by Crippen LogP contribution is -2.46. The Balaban J connectivity index is 1.67. The van der Waals surface area contributed by atoms with Gasteiger partial charge in [-0.2, -0.15) is 0 Å². The number of amides is 2. The first-order chi connectivity index (χ1) is 11.4. The fraction of sp³-hybridized carbons (Fsp3) is 0.526. The average molecular weight is 328 g/mol. The topological polar surface area (TPSA) is 66.5 Å². The molecular formula is C19H24N2O3. The fourth-order valence-corrected chi connectivity index (χ4v) is 3.38. The zero-order valence-corrected chi connectivity index (χ0v) is 14.3. The molecule has 1 unspecified atom stereocenters. The van der Waals surface area contributed by atoms with Gasteiger partial charge < -0.3 is 10.2 Å². The van der Waals surface area contributed by atoms with Crippen molar-refractivity contribution < 1.29 is 14.4 Å². The van der Waals surface area contributed by atoms with Crippen LogP contribution in [0.1, 0.15) is 49.9 Å². The van der Waals surface area contributed by atoms with Gasteiger partial charge in [-0.25, -0.2) is 0 Å². The third-order valence-electron chi connectivity index (χ3n) is 5.09. The molecule has 1 saturated carbocycles. The second kappa shape index (κ2) is 6.38. The van der Waals surface area contributed by atoms with E-state index in [1.807, 2.05) is 4.90 Å². The van der Waals surface area contributed by atoms with E-state index in [1.54, 1.807) is 24.3 Å². The van der Waals surface area contributed by atoms with Crippen molar-refractivity contribution in [3.05, 3.63) is 29.8 Å². The standard InChI is InChI=1S/C19H24N2O3/c1-13-4-3-11-21(12-13)18(24)19(9-10-19)17(23)20-16-7-5-15(6-8-16)14(2)22/h5-8,13H,3-4,9-12H2,1-2H3,(H,20,23). The van der Waals surface area contributed by atoms with E-state index in [1.165, 1.54) is 6.92 Å². The summed E-state index contributed by atoms with van der Waals surface area (Å²) in [5.41, 5.74) is 0.347. The van der Waals surface area contributed by atoms with Crippen LogP contribution < -0.4 is 5.32 Å². The van der Waals surface area contributed by atoms with E-state index >= 15 is 0 Å². The van der Waals surface area contributed by atoms with Crippen LogP contribution in [0.15, 0.2) is 24.3 Å². The number of benzene rings is 1. The minimum absolute atomic E-state index is 0.0130. The Labute approximate surface area is 142 Å². The summed E-state index contributed by atoms with van der Waals surface area (Å²) in [6.07, 6.45) is 3.39. The molecule has 0 radical (unpaired) electrons. The number of likely N-dealkylation sites (tertiary alicyclic amines) is 1. The largest absolute Gasteiger partial charge is 0.342 e. The normalized spacial score (nSPS) is 21.9. The molecule has 128 valence electrons. The van der Waals surface area contributed by atoms with Crippen LogP contribution in [0.4, 0.5) is 5.69 Å². The van der Waals surface area contributed by atoms with Crippen molar-refractivity contribution in [1.82, 2.24) is 4.90 Å². The predicted octanol–water partition coefficient (Wildman–Crippen LogP) is 2.87. The number of carbonyl (C=O) groups is 3. The highest BCUT2D eigenvalue weighted by Crippen LogP contribution is 2.48. The van der Waals surface area contributed by atoms with Gasteiger partial charge in [-0.1, -0.05) is 6.92 Å². The van der Waals surface area contributed by atoms with Crippen LogP contribution in [-0.4, -0.2) is 35.6 Å². The van der Waals surface area contributed by atoms with Gasteiger partial charge in [0.15, 0.2) is 5.78 Å². The van der Waals surface area contributed by atoms with Gasteiger partial charge in [-0.15, -0.1) is 0 Å². The summed E-state index contributed by atoms with van der Waals surface area (Å²) in [7, 11) is 0. The molecule has 24 heavy (non-hydrogen) atoms. The molecule has 2 amide bonds. The molecular weight excluding hydrogens is 304 g/mol. The van der Waals surface area contributed by atoms with Crippen LogP contribution >= 0.6 is 0 Å². The molecule has 0 aromatic heterocycles. The lowest BCUT2D eigenvalue weighted by molar-refractivity contribution is -0.143. The minimum atomic E-state index is -0.879. The van der Waals surface area contributed by atoms with Crippen molar-refractivity contribution in [1.29, 1.82) is 0 Å². The van der Waals surface area contributed by atoms with Crippen molar-refractivity contribution in [3.8, 4) is 0 Å². The number of anilines is 1. The van der Waals surface area contributed by atoms with Gasteiger partial charge in [0, 0.05) is 24.3 Å². The van der Waals surface area contributed by atoms with Crippen molar-refractivity contribution in [2.45, 2.75) is 39.5 Å². The van der Waals surface area contributed by atoms with Crippen molar-refractivity contribution in [2.75, 3.05) is 18.4 Å². The number of Topliss-reactive ketones (excluding diaryl/α,β-unsaturated/α-hetero) is 1. The Bertz CT molecular complexity index is 662. The van der Waals surface area contributed by atoms with Gasteiger partial charge in [-0.3, -0.25) is 14.4 Å². The second-order valence-corrected chi connectivity index (χ2v) is 7.17. The Morgan fingerprint density at radius 1 is 1.17 bits per heavy atom. The molecule has 2 fully saturated rings. The summed E-state index contributed by atoms with van der Waals surface area (Å²) >= 11 is 0. The molecule has 1 saturated heterocycles. The van der Waals surface area contributed by atoms with Crippen LogP contribution in [0.2, 0.25) is 0 Å². The molecule has 0 spiro atoms. The van der Waals surface area contributed by atoms with Crippen LogP contribution in [0.3, 0.4) is 0 Å². The van der Waals surface area contributed by atoms with Crippen LogP contribution in [0.25, 0.3) is 0 Å². The van der Waals surface area contributed by atoms with E-state index in [0.717, 1.165) is 25.9 Å². The molecule has 1 heterocycles. The number of hydrogen-bond donors (Lipinski definition) is 1. The van der Waals surface area contributed by atoms with Crippen molar-refractivity contribution >= 4 is 23.3 Å². The Kier molecular flexibility index (Phi) is 4.43. The van der Waals surface area contributed by atoms with Crippen LogP contribution in [0, 0.1) is 11.3 Å². The third-order valence-corrected chi connectivity index (χ3v) is 5.09. The smallest absolute Gasteiger partial charge is 0.240 e. The van der Waals surface area contributed by atoms with Gasteiger partial charge in [-0.05, 0) is 62.8 Å². The molecule has 1 aliphatic carbocycles. The zero-order valence-electron chi connectivity index (χ0n) is 14.3. The summed E-state index contributed by atoms with van der Waals surface area (Å²) in [6, 6.07) is 6.79. The molecule has 5 heteroatoms. The first kappa shape index (κ1) is 16.7. The van der Waals surface area contributed by atoms with Gasteiger partial charge >= 0.3 is 0 Å². The van der Waals surface area contributed by atoms with E-state index < -0.39 is 5.41 Å². The monoisotopic (exact) mass is 328 g/mol. The summed E-state index contributed by atoms with van der Waals surface area (Å²) in [5.74, 6) is 0.245. The molecule has 3 rings (SSSR count). The van der Waals surface area contributed by atoms with Gasteiger partial charge in [0.2, 0.25) is 11.8 Å². The zero-order chi connectivity index (χ0) is 17.3. The van der Waals surface area contributed by atoms with Crippen LogP contribution in [0.5, 0.6) is 0 Å². The third kappa shape index (κ3) is 3.21. The second-order valence-electron chi connectivity index (χ2n) is 7.17. The quantitative estimate of drug-likeness (QED) is 0.683. The Hall–Kier alpha value is -2.17. The molecule has 1 aromatic carbocycles. The summed E-state index contributed by atoms with van der Waals surface area (Å²) in [6.45, 7) is 5.16. The first-order valence-corrected chi connectivity index (χ1v) is 8.64. The Morgan fingerprint density at radius 3 is 2.38 bits per heavy atom. The molecule has 1 aliphatic heterocycles. The maximum atomic E-state index is 12.8. The number of hydrogen-bond acceptors (Lipinski definition) is 3. The van der Waals surface area contributed by atoms with E-state index in [-0.39, 0.29) is 17.6 Å². The van der Waals surface area contributed by atoms with E-state index in [9.17, 15) is 14.4 Å². The van der Waals surface area contributed by atoms with Gasteiger partial charge in [0.25, 0.3) is 0 Å². The molecule has 1 atom stereocenters. The maximum Gasteiger partial charge on any atom is 0.240 e. The summed E-state index contributed by atoms with van der Waals surface area (Å²) < 4.78 is 0. The molecule has 0 bridgehead atoms. The molecule has 1 N–H and O–H groups in total. The Morgan fingerprint density at radius 2 is 1.83 bits per heavy atom. The maximum absolute atomic E-state index is 12.8. The predicted molar refractivity (Wildman–Crippen MR) is 91.7 cm³/mol. The van der Waals surface area contributed by atoms with Crippen molar-refractivity contribution in [2.24, 2.45) is 11.3 Å². The highest BCUT2D eigenvalue weighted by molar-refractivity contribution is 6.13. The number of rotatable bonds is 4.